The summed E-state index contributed by atoms with van der Waals surface area (Å²) in [5, 5.41) is 3.30. The van der Waals surface area contributed by atoms with Crippen molar-refractivity contribution in [1.29, 1.82) is 0 Å². The molecule has 1 saturated heterocycles. The fraction of sp³-hybridized carbons (Fsp3) is 0.235. The topological polar surface area (TPSA) is 75.7 Å². The largest absolute Gasteiger partial charge is 0.495 e. The van der Waals surface area contributed by atoms with E-state index in [1.807, 2.05) is 0 Å². The van der Waals surface area contributed by atoms with Crippen LogP contribution in [-0.2, 0) is 14.8 Å². The van der Waals surface area contributed by atoms with Crippen molar-refractivity contribution in [2.75, 3.05) is 20.2 Å². The number of ether oxygens (including phenoxy) is 1. The van der Waals surface area contributed by atoms with Crippen molar-refractivity contribution in [2.45, 2.75) is 10.9 Å². The Bertz CT molecular complexity index is 950. The molecule has 138 valence electrons. The minimum absolute atomic E-state index is 0.00923. The Morgan fingerprint density at radius 3 is 2.62 bits per heavy atom. The number of piperazine rings is 1. The predicted molar refractivity (Wildman–Crippen MR) is 99.1 cm³/mol. The van der Waals surface area contributed by atoms with Crippen molar-refractivity contribution in [1.82, 2.24) is 9.62 Å². The molecule has 1 aliphatic heterocycles. The maximum atomic E-state index is 13.2. The van der Waals surface area contributed by atoms with Crippen LogP contribution in [0.3, 0.4) is 0 Å². The number of amides is 1. The van der Waals surface area contributed by atoms with E-state index in [0.29, 0.717) is 16.3 Å². The fourth-order valence-electron chi connectivity index (χ4n) is 2.84. The van der Waals surface area contributed by atoms with Crippen LogP contribution in [-0.4, -0.2) is 38.8 Å². The second-order valence-electron chi connectivity index (χ2n) is 5.66. The monoisotopic (exact) mass is 414 g/mol. The van der Waals surface area contributed by atoms with Crippen molar-refractivity contribution in [2.24, 2.45) is 0 Å². The second-order valence-corrected chi connectivity index (χ2v) is 8.39. The van der Waals surface area contributed by atoms with Gasteiger partial charge < -0.3 is 10.1 Å². The van der Waals surface area contributed by atoms with Gasteiger partial charge in [0.2, 0.25) is 15.9 Å². The molecule has 0 spiro atoms. The zero-order chi connectivity index (χ0) is 18.9. The molecule has 1 atom stereocenters. The minimum atomic E-state index is -3.96. The summed E-state index contributed by atoms with van der Waals surface area (Å²) in [6.07, 6.45) is 0. The molecule has 0 saturated carbocycles. The Hall–Kier alpha value is -1.80. The number of rotatable bonds is 4. The Morgan fingerprint density at radius 1 is 1.19 bits per heavy atom. The summed E-state index contributed by atoms with van der Waals surface area (Å²) >= 11 is 12.1. The lowest BCUT2D eigenvalue weighted by atomic mass is 10.0. The highest BCUT2D eigenvalue weighted by Gasteiger charge is 2.39. The summed E-state index contributed by atoms with van der Waals surface area (Å²) < 4.78 is 32.6. The molecule has 1 amide bonds. The van der Waals surface area contributed by atoms with E-state index in [1.165, 1.54) is 25.3 Å². The number of hydrogen-bond acceptors (Lipinski definition) is 4. The van der Waals surface area contributed by atoms with Gasteiger partial charge in [-0.3, -0.25) is 4.79 Å². The fourth-order valence-corrected chi connectivity index (χ4v) is 4.97. The van der Waals surface area contributed by atoms with Crippen LogP contribution < -0.4 is 10.1 Å². The number of benzene rings is 2. The van der Waals surface area contributed by atoms with Gasteiger partial charge in [-0.1, -0.05) is 35.3 Å². The SMILES string of the molecule is COc1ccc(S(=O)(=O)N2CCNC(=O)C2c2cccc(Cl)c2)cc1Cl. The van der Waals surface area contributed by atoms with Crippen molar-refractivity contribution in [3.63, 3.8) is 0 Å². The summed E-state index contributed by atoms with van der Waals surface area (Å²) in [4.78, 5) is 12.4. The van der Waals surface area contributed by atoms with Crippen LogP contribution in [0.2, 0.25) is 10.0 Å². The molecule has 0 aliphatic carbocycles. The van der Waals surface area contributed by atoms with Gasteiger partial charge in [0.15, 0.2) is 0 Å². The van der Waals surface area contributed by atoms with Crippen LogP contribution in [0.4, 0.5) is 0 Å². The zero-order valence-corrected chi connectivity index (χ0v) is 16.1. The number of nitrogens with one attached hydrogen (secondary N) is 1. The number of carbonyl (C=O) groups excluding carboxylic acids is 1. The van der Waals surface area contributed by atoms with Crippen molar-refractivity contribution < 1.29 is 17.9 Å². The van der Waals surface area contributed by atoms with Crippen molar-refractivity contribution >= 4 is 39.1 Å². The first-order valence-electron chi connectivity index (χ1n) is 7.73. The molecule has 1 heterocycles. The van der Waals surface area contributed by atoms with Gasteiger partial charge in [-0.25, -0.2) is 8.42 Å². The van der Waals surface area contributed by atoms with E-state index in [9.17, 15) is 13.2 Å². The average molecular weight is 415 g/mol. The Labute approximate surface area is 161 Å². The molecule has 1 aliphatic rings. The van der Waals surface area contributed by atoms with Crippen LogP contribution in [0.1, 0.15) is 11.6 Å². The molecule has 9 heteroatoms. The number of nitrogens with zero attached hydrogens (tertiary/aromatic N) is 1. The van der Waals surface area contributed by atoms with E-state index < -0.39 is 22.0 Å². The van der Waals surface area contributed by atoms with E-state index in [2.05, 4.69) is 5.32 Å². The number of sulfonamides is 1. The quantitative estimate of drug-likeness (QED) is 0.834. The molecule has 1 fully saturated rings. The normalized spacial score (nSPS) is 18.4. The van der Waals surface area contributed by atoms with Gasteiger partial charge in [0.05, 0.1) is 17.0 Å². The standard InChI is InChI=1S/C17H16Cl2N2O4S/c1-25-15-6-5-13(10-14(15)19)26(23,24)21-8-7-20-17(22)16(21)11-3-2-4-12(18)9-11/h2-6,9-10,16H,7-8H2,1H3,(H,20,22). The van der Waals surface area contributed by atoms with E-state index in [0.717, 1.165) is 4.31 Å². The van der Waals surface area contributed by atoms with Crippen LogP contribution in [0.5, 0.6) is 5.75 Å². The van der Waals surface area contributed by atoms with Gasteiger partial charge in [0.1, 0.15) is 11.8 Å². The van der Waals surface area contributed by atoms with Crippen LogP contribution in [0, 0.1) is 0 Å². The highest BCUT2D eigenvalue weighted by atomic mass is 35.5. The molecule has 1 unspecified atom stereocenters. The molecular formula is C17H16Cl2N2O4S. The number of hydrogen-bond donors (Lipinski definition) is 1. The Balaban J connectivity index is 2.06. The molecule has 0 radical (unpaired) electrons. The molecule has 2 aromatic rings. The third kappa shape index (κ3) is 3.53. The van der Waals surface area contributed by atoms with Gasteiger partial charge in [-0.2, -0.15) is 4.31 Å². The summed E-state index contributed by atoms with van der Waals surface area (Å²) in [6, 6.07) is 9.79. The lowest BCUT2D eigenvalue weighted by molar-refractivity contribution is -0.126. The number of carbonyl (C=O) groups is 1. The first-order chi connectivity index (χ1) is 12.3. The molecule has 0 aromatic heterocycles. The summed E-state index contributed by atoms with van der Waals surface area (Å²) in [5.41, 5.74) is 0.498. The summed E-state index contributed by atoms with van der Waals surface area (Å²) in [5.74, 6) is -0.0323. The average Bonchev–Trinajstić information content (AvgIpc) is 2.61. The smallest absolute Gasteiger partial charge is 0.244 e. The first kappa shape index (κ1) is 19.0. The van der Waals surface area contributed by atoms with Gasteiger partial charge in [0.25, 0.3) is 0 Å². The molecular weight excluding hydrogens is 399 g/mol. The molecule has 26 heavy (non-hydrogen) atoms. The van der Waals surface area contributed by atoms with E-state index in [-0.39, 0.29) is 23.0 Å². The molecule has 3 rings (SSSR count). The Kier molecular flexibility index (Phi) is 5.43. The van der Waals surface area contributed by atoms with Crippen LogP contribution in [0.15, 0.2) is 47.4 Å². The molecule has 2 aromatic carbocycles. The predicted octanol–water partition coefficient (Wildman–Crippen LogP) is 2.86. The van der Waals surface area contributed by atoms with Gasteiger partial charge in [0, 0.05) is 18.1 Å². The van der Waals surface area contributed by atoms with E-state index in [1.54, 1.807) is 24.3 Å². The summed E-state index contributed by atoms with van der Waals surface area (Å²) in [7, 11) is -2.52. The molecule has 1 N–H and O–H groups in total. The lowest BCUT2D eigenvalue weighted by Gasteiger charge is -2.34. The van der Waals surface area contributed by atoms with Gasteiger partial charge >= 0.3 is 0 Å². The first-order valence-corrected chi connectivity index (χ1v) is 9.93. The highest BCUT2D eigenvalue weighted by molar-refractivity contribution is 7.89. The number of methoxy groups -OCH3 is 1. The zero-order valence-electron chi connectivity index (χ0n) is 13.8. The number of halogens is 2. The van der Waals surface area contributed by atoms with E-state index >= 15 is 0 Å². The summed E-state index contributed by atoms with van der Waals surface area (Å²) in [6.45, 7) is 0.355. The second kappa shape index (κ2) is 7.44. The minimum Gasteiger partial charge on any atom is -0.495 e. The molecule has 6 nitrogen and oxygen atoms in total. The highest BCUT2D eigenvalue weighted by Crippen LogP contribution is 2.33. The van der Waals surface area contributed by atoms with Crippen molar-refractivity contribution in [3.8, 4) is 5.75 Å². The van der Waals surface area contributed by atoms with E-state index in [4.69, 9.17) is 27.9 Å². The third-order valence-electron chi connectivity index (χ3n) is 4.06. The van der Waals surface area contributed by atoms with Crippen molar-refractivity contribution in [3.05, 3.63) is 58.1 Å². The van der Waals surface area contributed by atoms with Crippen LogP contribution >= 0.6 is 23.2 Å². The lowest BCUT2D eigenvalue weighted by Crippen LogP contribution is -2.52. The van der Waals surface area contributed by atoms with Gasteiger partial charge in [-0.05, 0) is 35.9 Å². The van der Waals surface area contributed by atoms with Gasteiger partial charge in [-0.15, -0.1) is 0 Å². The Morgan fingerprint density at radius 2 is 1.96 bits per heavy atom. The molecule has 0 bridgehead atoms. The third-order valence-corrected chi connectivity index (χ3v) is 6.45. The maximum absolute atomic E-state index is 13.2. The maximum Gasteiger partial charge on any atom is 0.244 e. The van der Waals surface area contributed by atoms with Crippen LogP contribution in [0.25, 0.3) is 0 Å².